The third-order valence-corrected chi connectivity index (χ3v) is 8.25. The minimum atomic E-state index is 0.911. The first kappa shape index (κ1) is 21.7. The maximum atomic E-state index is 6.22. The largest absolute Gasteiger partial charge is 0.456 e. The van der Waals surface area contributed by atoms with E-state index in [4.69, 9.17) is 4.42 Å². The molecule has 0 radical (unpaired) electrons. The molecular formula is C36H21BrO. The molecule has 178 valence electrons. The Kier molecular flexibility index (Phi) is 4.74. The molecule has 0 saturated heterocycles. The van der Waals surface area contributed by atoms with Crippen LogP contribution < -0.4 is 0 Å². The molecule has 0 spiro atoms. The molecule has 1 heterocycles. The fourth-order valence-electron chi connectivity index (χ4n) is 5.87. The Bertz CT molecular complexity index is 2150. The lowest BCUT2D eigenvalue weighted by Gasteiger charge is -2.12. The van der Waals surface area contributed by atoms with Gasteiger partial charge in [0.25, 0.3) is 0 Å². The molecule has 0 unspecified atom stereocenters. The van der Waals surface area contributed by atoms with Crippen LogP contribution in [0, 0.1) is 0 Å². The average Bonchev–Trinajstić information content (AvgIpc) is 3.35. The Hall–Kier alpha value is -4.40. The number of rotatable bonds is 2. The van der Waals surface area contributed by atoms with Crippen molar-refractivity contribution in [2.75, 3.05) is 0 Å². The van der Waals surface area contributed by atoms with Gasteiger partial charge >= 0.3 is 0 Å². The molecule has 2 heteroatoms. The summed E-state index contributed by atoms with van der Waals surface area (Å²) in [7, 11) is 0. The third kappa shape index (κ3) is 3.31. The number of hydrogen-bond acceptors (Lipinski definition) is 1. The predicted molar refractivity (Wildman–Crippen MR) is 165 cm³/mol. The first-order valence-electron chi connectivity index (χ1n) is 12.8. The monoisotopic (exact) mass is 548 g/mol. The Labute approximate surface area is 228 Å². The summed E-state index contributed by atoms with van der Waals surface area (Å²) in [6.07, 6.45) is 0. The fraction of sp³-hybridized carbons (Fsp3) is 0. The third-order valence-electron chi connectivity index (χ3n) is 7.72. The van der Waals surface area contributed by atoms with Gasteiger partial charge in [-0.3, -0.25) is 0 Å². The van der Waals surface area contributed by atoms with Crippen LogP contribution in [0.4, 0.5) is 0 Å². The van der Waals surface area contributed by atoms with Gasteiger partial charge in [0.05, 0.1) is 0 Å². The lowest BCUT2D eigenvalue weighted by atomic mass is 9.92. The summed E-state index contributed by atoms with van der Waals surface area (Å²) in [5.41, 5.74) is 6.59. The second kappa shape index (κ2) is 8.31. The summed E-state index contributed by atoms with van der Waals surface area (Å²) in [5, 5.41) is 10.0. The van der Waals surface area contributed by atoms with Crippen molar-refractivity contribution >= 4 is 70.2 Å². The summed E-state index contributed by atoms with van der Waals surface area (Å²) >= 11 is 3.54. The van der Waals surface area contributed by atoms with Crippen LogP contribution in [0.25, 0.3) is 76.5 Å². The molecule has 1 aromatic heterocycles. The van der Waals surface area contributed by atoms with E-state index in [0.29, 0.717) is 0 Å². The smallest absolute Gasteiger partial charge is 0.135 e. The van der Waals surface area contributed by atoms with Crippen LogP contribution in [0.15, 0.2) is 136 Å². The SMILES string of the molecule is Brc1ccc(-c2ccc3oc4ccc(-c5ccc6c7ccccc7c7ccccc7c6c5)cc4c3c2)cc1. The molecule has 0 amide bonds. The van der Waals surface area contributed by atoms with Gasteiger partial charge in [0.2, 0.25) is 0 Å². The van der Waals surface area contributed by atoms with E-state index in [1.165, 1.54) is 54.6 Å². The van der Waals surface area contributed by atoms with Crippen LogP contribution in [0.3, 0.4) is 0 Å². The van der Waals surface area contributed by atoms with Crippen molar-refractivity contribution in [3.8, 4) is 22.3 Å². The van der Waals surface area contributed by atoms with Crippen molar-refractivity contribution in [1.82, 2.24) is 0 Å². The Morgan fingerprint density at radius 1 is 0.342 bits per heavy atom. The highest BCUT2D eigenvalue weighted by molar-refractivity contribution is 9.10. The van der Waals surface area contributed by atoms with Gasteiger partial charge in [-0.1, -0.05) is 101 Å². The van der Waals surface area contributed by atoms with Crippen molar-refractivity contribution in [1.29, 1.82) is 0 Å². The minimum Gasteiger partial charge on any atom is -0.456 e. The number of furan rings is 1. The quantitative estimate of drug-likeness (QED) is 0.196. The number of benzene rings is 7. The number of halogens is 1. The van der Waals surface area contributed by atoms with Gasteiger partial charge in [0.15, 0.2) is 0 Å². The highest BCUT2D eigenvalue weighted by atomic mass is 79.9. The molecule has 7 aromatic carbocycles. The highest BCUT2D eigenvalue weighted by Crippen LogP contribution is 2.39. The van der Waals surface area contributed by atoms with Crippen molar-refractivity contribution < 1.29 is 4.42 Å². The molecular weight excluding hydrogens is 528 g/mol. The zero-order valence-electron chi connectivity index (χ0n) is 20.4. The Morgan fingerprint density at radius 3 is 1.29 bits per heavy atom. The Balaban J connectivity index is 1.34. The first-order valence-corrected chi connectivity index (χ1v) is 13.6. The second-order valence-corrected chi connectivity index (χ2v) is 10.8. The zero-order valence-corrected chi connectivity index (χ0v) is 22.0. The Morgan fingerprint density at radius 2 is 0.737 bits per heavy atom. The van der Waals surface area contributed by atoms with E-state index in [2.05, 4.69) is 143 Å². The molecule has 0 fully saturated rings. The lowest BCUT2D eigenvalue weighted by molar-refractivity contribution is 0.669. The van der Waals surface area contributed by atoms with Gasteiger partial charge in [-0.05, 0) is 97.0 Å². The second-order valence-electron chi connectivity index (χ2n) is 9.88. The summed E-state index contributed by atoms with van der Waals surface area (Å²) in [5.74, 6) is 0. The number of fused-ring (bicyclic) bond motifs is 9. The van der Waals surface area contributed by atoms with Crippen molar-refractivity contribution in [2.24, 2.45) is 0 Å². The molecule has 8 aromatic rings. The van der Waals surface area contributed by atoms with Gasteiger partial charge in [-0.25, -0.2) is 0 Å². The van der Waals surface area contributed by atoms with Crippen molar-refractivity contribution in [3.63, 3.8) is 0 Å². The van der Waals surface area contributed by atoms with Gasteiger partial charge in [0, 0.05) is 15.2 Å². The molecule has 1 nitrogen and oxygen atoms in total. The molecule has 0 saturated carbocycles. The average molecular weight is 549 g/mol. The molecule has 38 heavy (non-hydrogen) atoms. The van der Waals surface area contributed by atoms with Gasteiger partial charge in [-0.15, -0.1) is 0 Å². The van der Waals surface area contributed by atoms with Gasteiger partial charge in [0.1, 0.15) is 11.2 Å². The van der Waals surface area contributed by atoms with E-state index in [1.54, 1.807) is 0 Å². The predicted octanol–water partition coefficient (Wildman–Crippen LogP) is 11.1. The summed E-state index contributed by atoms with van der Waals surface area (Å²) < 4.78 is 7.30. The number of hydrogen-bond donors (Lipinski definition) is 0. The van der Waals surface area contributed by atoms with Gasteiger partial charge < -0.3 is 4.42 Å². The molecule has 0 bridgehead atoms. The molecule has 0 aliphatic heterocycles. The summed E-state index contributed by atoms with van der Waals surface area (Å²) in [6.45, 7) is 0. The van der Waals surface area contributed by atoms with E-state index in [0.717, 1.165) is 26.4 Å². The van der Waals surface area contributed by atoms with E-state index < -0.39 is 0 Å². The van der Waals surface area contributed by atoms with E-state index in [1.807, 2.05) is 0 Å². The molecule has 0 N–H and O–H groups in total. The maximum absolute atomic E-state index is 6.22. The molecule has 0 aliphatic carbocycles. The minimum absolute atomic E-state index is 0.911. The van der Waals surface area contributed by atoms with Crippen LogP contribution in [0.1, 0.15) is 0 Å². The zero-order chi connectivity index (χ0) is 25.2. The fourth-order valence-corrected chi connectivity index (χ4v) is 6.13. The summed E-state index contributed by atoms with van der Waals surface area (Å²) in [6, 6.07) is 45.8. The van der Waals surface area contributed by atoms with E-state index in [-0.39, 0.29) is 0 Å². The van der Waals surface area contributed by atoms with Crippen molar-refractivity contribution in [3.05, 3.63) is 132 Å². The van der Waals surface area contributed by atoms with Crippen LogP contribution in [0.5, 0.6) is 0 Å². The van der Waals surface area contributed by atoms with Crippen LogP contribution in [0.2, 0.25) is 0 Å². The van der Waals surface area contributed by atoms with E-state index in [9.17, 15) is 0 Å². The van der Waals surface area contributed by atoms with Crippen LogP contribution >= 0.6 is 15.9 Å². The van der Waals surface area contributed by atoms with E-state index >= 15 is 0 Å². The van der Waals surface area contributed by atoms with Crippen LogP contribution in [-0.2, 0) is 0 Å². The first-order chi connectivity index (χ1) is 18.7. The topological polar surface area (TPSA) is 13.1 Å². The molecule has 0 atom stereocenters. The molecule has 0 aliphatic rings. The maximum Gasteiger partial charge on any atom is 0.135 e. The van der Waals surface area contributed by atoms with Crippen molar-refractivity contribution in [2.45, 2.75) is 0 Å². The standard InChI is InChI=1S/C36H21BrO/c37-26-14-9-22(10-15-26)23-12-17-35-33(20-23)34-21-25(13-18-36(34)38-35)24-11-16-31-29-7-2-1-5-27(29)28-6-3-4-8-30(28)32(31)19-24/h1-21H. The lowest BCUT2D eigenvalue weighted by Crippen LogP contribution is -1.85. The highest BCUT2D eigenvalue weighted by Gasteiger charge is 2.13. The van der Waals surface area contributed by atoms with Crippen LogP contribution in [-0.4, -0.2) is 0 Å². The summed E-state index contributed by atoms with van der Waals surface area (Å²) in [4.78, 5) is 0. The normalized spacial score (nSPS) is 11.8. The van der Waals surface area contributed by atoms with Gasteiger partial charge in [-0.2, -0.15) is 0 Å². The molecule has 8 rings (SSSR count).